The van der Waals surface area contributed by atoms with Crippen LogP contribution in [0.15, 0.2) is 206 Å². The number of hydrogen-bond donors (Lipinski definition) is 0. The maximum atomic E-state index is 17.0. The third-order valence-electron chi connectivity index (χ3n) is 14.8. The molecule has 0 aromatic heterocycles. The molecule has 8 heteroatoms. The first-order valence-electron chi connectivity index (χ1n) is 25.1. The molecule has 2 nitrogen and oxygen atoms in total. The summed E-state index contributed by atoms with van der Waals surface area (Å²) in [5, 5.41) is 11.6. The number of hydrogen-bond acceptors (Lipinski definition) is 2. The maximum absolute atomic E-state index is 17.0. The summed E-state index contributed by atoms with van der Waals surface area (Å²) in [5.41, 5.74) is 5.17. The van der Waals surface area contributed by atoms with Gasteiger partial charge in [-0.3, -0.25) is 0 Å². The molecule has 0 N–H and O–H groups in total. The standard InChI is InChI=1S/C66H52F4N2Si2/c1-73(2,3)47-29-25-45(26-30-47)71(63-37-55(57(67)39-59(63)69)51-19-11-15-41-13-7-9-17-49(41)51)61-35-23-43-22-34-54-62(36-24-44-21-33-53(61)65(43)66(44)54)72(46-27-31-48(32-28-46)74(4,5)6)64-38-56(58(68)40-60(64)70)52-20-12-16-42-14-8-10-18-50(42)52/h7-40H,1-6H3. The summed E-state index contributed by atoms with van der Waals surface area (Å²) in [6.07, 6.45) is 0. The van der Waals surface area contributed by atoms with Crippen LogP contribution in [0.2, 0.25) is 39.3 Å². The Labute approximate surface area is 430 Å². The zero-order valence-corrected chi connectivity index (χ0v) is 44.0. The SMILES string of the molecule is C[Si](C)(C)c1ccc(N(c2cc(-c3cccc4ccccc34)c(F)cc2F)c2ccc3ccc4c(N(c5ccc([Si](C)(C)C)cc5)c5cc(-c6cccc7ccccc67)c(F)cc5F)ccc5ccc2c3c54)cc1. The van der Waals surface area contributed by atoms with Crippen LogP contribution in [0, 0.1) is 23.3 Å². The van der Waals surface area contributed by atoms with Crippen LogP contribution in [0.25, 0.3) is 76.1 Å². The van der Waals surface area contributed by atoms with Crippen LogP contribution in [0.3, 0.4) is 0 Å². The number of nitrogens with zero attached hydrogens (tertiary/aromatic N) is 2. The summed E-state index contributed by atoms with van der Waals surface area (Å²) < 4.78 is 66.8. The van der Waals surface area contributed by atoms with Crippen molar-refractivity contribution in [3.63, 3.8) is 0 Å². The Morgan fingerprint density at radius 1 is 0.284 bits per heavy atom. The molecule has 12 aromatic rings. The van der Waals surface area contributed by atoms with E-state index in [1.54, 1.807) is 12.1 Å². The van der Waals surface area contributed by atoms with Crippen molar-refractivity contribution in [2.24, 2.45) is 0 Å². The van der Waals surface area contributed by atoms with Gasteiger partial charge in [0.1, 0.15) is 23.3 Å². The van der Waals surface area contributed by atoms with Crippen LogP contribution in [0.5, 0.6) is 0 Å². The van der Waals surface area contributed by atoms with Crippen molar-refractivity contribution in [3.05, 3.63) is 230 Å². The fourth-order valence-corrected chi connectivity index (χ4v) is 13.3. The van der Waals surface area contributed by atoms with Gasteiger partial charge in [0.05, 0.1) is 38.9 Å². The summed E-state index contributed by atoms with van der Waals surface area (Å²) in [5.74, 6) is -2.70. The predicted octanol–water partition coefficient (Wildman–Crippen LogP) is 18.8. The normalized spacial score (nSPS) is 12.2. The Morgan fingerprint density at radius 2 is 0.649 bits per heavy atom. The van der Waals surface area contributed by atoms with Crippen LogP contribution in [-0.4, -0.2) is 16.1 Å². The van der Waals surface area contributed by atoms with Crippen LogP contribution in [0.4, 0.5) is 51.7 Å². The number of halogens is 4. The molecule has 12 aromatic carbocycles. The second kappa shape index (κ2) is 17.9. The van der Waals surface area contributed by atoms with Crippen LogP contribution >= 0.6 is 0 Å². The number of rotatable bonds is 10. The lowest BCUT2D eigenvalue weighted by Crippen LogP contribution is -2.37. The lowest BCUT2D eigenvalue weighted by Gasteiger charge is -2.30. The molecule has 74 heavy (non-hydrogen) atoms. The Bertz CT molecular complexity index is 3880. The van der Waals surface area contributed by atoms with Gasteiger partial charge in [0, 0.05) is 45.4 Å². The highest BCUT2D eigenvalue weighted by Crippen LogP contribution is 2.50. The van der Waals surface area contributed by atoms with E-state index in [0.717, 1.165) is 77.4 Å². The van der Waals surface area contributed by atoms with Crippen molar-refractivity contribution in [1.29, 1.82) is 0 Å². The first-order valence-corrected chi connectivity index (χ1v) is 32.1. The minimum Gasteiger partial charge on any atom is -0.307 e. The highest BCUT2D eigenvalue weighted by Gasteiger charge is 2.28. The molecule has 0 unspecified atom stereocenters. The van der Waals surface area contributed by atoms with E-state index >= 15 is 17.6 Å². The molecular weight excluding hydrogens is 953 g/mol. The van der Waals surface area contributed by atoms with E-state index in [9.17, 15) is 0 Å². The van der Waals surface area contributed by atoms with E-state index in [1.807, 2.05) is 131 Å². The summed E-state index contributed by atoms with van der Waals surface area (Å²) >= 11 is 0. The average Bonchev–Trinajstić information content (AvgIpc) is 3.39. The van der Waals surface area contributed by atoms with Gasteiger partial charge < -0.3 is 9.80 Å². The van der Waals surface area contributed by atoms with E-state index in [4.69, 9.17) is 0 Å². The first-order chi connectivity index (χ1) is 35.6. The van der Waals surface area contributed by atoms with Crippen molar-refractivity contribution in [2.75, 3.05) is 9.80 Å². The van der Waals surface area contributed by atoms with E-state index in [-0.39, 0.29) is 11.4 Å². The van der Waals surface area contributed by atoms with Crippen molar-refractivity contribution in [1.82, 2.24) is 0 Å². The van der Waals surface area contributed by atoms with E-state index < -0.39 is 39.4 Å². The summed E-state index contributed by atoms with van der Waals surface area (Å²) in [6, 6.07) is 65.7. The van der Waals surface area contributed by atoms with Crippen molar-refractivity contribution in [2.45, 2.75) is 39.3 Å². The molecule has 0 spiro atoms. The second-order valence-electron chi connectivity index (χ2n) is 21.5. The molecule has 0 atom stereocenters. The number of anilines is 6. The fourth-order valence-electron chi connectivity index (χ4n) is 10.9. The fraction of sp³-hybridized carbons (Fsp3) is 0.0909. The predicted molar refractivity (Wildman–Crippen MR) is 311 cm³/mol. The molecule has 12 rings (SSSR count). The van der Waals surface area contributed by atoms with Gasteiger partial charge in [-0.15, -0.1) is 0 Å². The van der Waals surface area contributed by atoms with Gasteiger partial charge in [0.25, 0.3) is 0 Å². The van der Waals surface area contributed by atoms with Gasteiger partial charge >= 0.3 is 0 Å². The molecule has 362 valence electrons. The Morgan fingerprint density at radius 3 is 1.04 bits per heavy atom. The van der Waals surface area contributed by atoms with Crippen LogP contribution in [-0.2, 0) is 0 Å². The third-order valence-corrected chi connectivity index (χ3v) is 18.9. The third kappa shape index (κ3) is 8.00. The minimum atomic E-state index is -1.74. The minimum absolute atomic E-state index is 0.201. The van der Waals surface area contributed by atoms with E-state index in [0.29, 0.717) is 33.6 Å². The molecule has 0 saturated heterocycles. The van der Waals surface area contributed by atoms with Crippen LogP contribution < -0.4 is 20.2 Å². The van der Waals surface area contributed by atoms with Gasteiger partial charge in [-0.1, -0.05) is 195 Å². The molecule has 0 aliphatic rings. The zero-order chi connectivity index (χ0) is 51.2. The smallest absolute Gasteiger partial charge is 0.150 e. The highest BCUT2D eigenvalue weighted by atomic mass is 28.3. The Kier molecular flexibility index (Phi) is 11.3. The van der Waals surface area contributed by atoms with E-state index in [2.05, 4.69) is 99.9 Å². The molecule has 0 aliphatic heterocycles. The van der Waals surface area contributed by atoms with Gasteiger partial charge in [-0.25, -0.2) is 17.6 Å². The summed E-state index contributed by atoms with van der Waals surface area (Å²) in [4.78, 5) is 3.83. The van der Waals surface area contributed by atoms with Crippen molar-refractivity contribution >= 4 is 115 Å². The summed E-state index contributed by atoms with van der Waals surface area (Å²) in [7, 11) is -3.47. The Hall–Kier alpha value is -8.05. The monoisotopic (exact) mass is 1000 g/mol. The van der Waals surface area contributed by atoms with Gasteiger partial charge in [0.2, 0.25) is 0 Å². The van der Waals surface area contributed by atoms with Gasteiger partial charge in [-0.2, -0.15) is 0 Å². The largest absolute Gasteiger partial charge is 0.307 e. The summed E-state index contributed by atoms with van der Waals surface area (Å²) in [6.45, 7) is 13.8. The topological polar surface area (TPSA) is 6.48 Å². The highest BCUT2D eigenvalue weighted by molar-refractivity contribution is 6.89. The molecule has 0 amide bonds. The lowest BCUT2D eigenvalue weighted by atomic mass is 9.91. The van der Waals surface area contributed by atoms with E-state index in [1.165, 1.54) is 10.4 Å². The average molecular weight is 1010 g/mol. The molecule has 0 heterocycles. The zero-order valence-electron chi connectivity index (χ0n) is 42.0. The molecular formula is C66H52F4N2Si2. The molecule has 0 fully saturated rings. The first kappa shape index (κ1) is 47.0. The van der Waals surface area contributed by atoms with Crippen molar-refractivity contribution in [3.8, 4) is 22.3 Å². The molecule has 0 bridgehead atoms. The maximum Gasteiger partial charge on any atom is 0.150 e. The van der Waals surface area contributed by atoms with Gasteiger partial charge in [-0.05, 0) is 103 Å². The molecule has 0 radical (unpaired) electrons. The van der Waals surface area contributed by atoms with Crippen molar-refractivity contribution < 1.29 is 17.6 Å². The Balaban J connectivity index is 1.10. The number of benzene rings is 12. The second-order valence-corrected chi connectivity index (χ2v) is 31.6. The van der Waals surface area contributed by atoms with Gasteiger partial charge in [0.15, 0.2) is 0 Å². The van der Waals surface area contributed by atoms with Crippen LogP contribution in [0.1, 0.15) is 0 Å². The lowest BCUT2D eigenvalue weighted by molar-refractivity contribution is 0.586. The molecule has 0 saturated carbocycles. The number of fused-ring (bicyclic) bond motifs is 2. The quantitative estimate of drug-likeness (QED) is 0.0765. The molecule has 0 aliphatic carbocycles.